The van der Waals surface area contributed by atoms with Crippen LogP contribution in [0.2, 0.25) is 0 Å². The van der Waals surface area contributed by atoms with E-state index in [-0.39, 0.29) is 0 Å². The quantitative estimate of drug-likeness (QED) is 0.503. The zero-order chi connectivity index (χ0) is 14.0. The van der Waals surface area contributed by atoms with Crippen molar-refractivity contribution in [3.05, 3.63) is 0 Å². The van der Waals surface area contributed by atoms with Crippen LogP contribution in [0.15, 0.2) is 0 Å². The molecule has 0 spiro atoms. The smallest absolute Gasteiger partial charge is 0.320 e. The molecule has 0 bridgehead atoms. The van der Waals surface area contributed by atoms with Crippen molar-refractivity contribution in [1.82, 2.24) is 0 Å². The summed E-state index contributed by atoms with van der Waals surface area (Å²) in [6.45, 7) is 3.38. The Morgan fingerprint density at radius 2 is 1.78 bits per heavy atom. The fourth-order valence-electron chi connectivity index (χ4n) is 2.00. The summed E-state index contributed by atoms with van der Waals surface area (Å²) in [4.78, 5) is 10.1. The lowest BCUT2D eigenvalue weighted by molar-refractivity contribution is -0.894. The topological polar surface area (TPSA) is 89.3 Å². The Bertz CT molecular complexity index is 224. The van der Waals surface area contributed by atoms with Crippen LogP contribution in [0.5, 0.6) is 0 Å². The average molecular weight is 260 g/mol. The van der Waals surface area contributed by atoms with E-state index in [9.17, 15) is 4.79 Å². The summed E-state index contributed by atoms with van der Waals surface area (Å²) in [5, 5.41) is 8.33. The highest BCUT2D eigenvalue weighted by Crippen LogP contribution is 2.12. The maximum absolute atomic E-state index is 10.1. The second-order valence-corrected chi connectivity index (χ2v) is 5.67. The minimum absolute atomic E-state index is 0.520. The van der Waals surface area contributed by atoms with Crippen LogP contribution >= 0.6 is 0 Å². The van der Waals surface area contributed by atoms with Crippen LogP contribution in [-0.4, -0.2) is 55.3 Å². The van der Waals surface area contributed by atoms with Gasteiger partial charge in [-0.25, -0.2) is 0 Å². The molecule has 0 radical (unpaired) electrons. The fraction of sp³-hybridized carbons (Fsp3) is 0.923. The third-order valence-corrected chi connectivity index (χ3v) is 3.31. The Morgan fingerprint density at radius 3 is 2.11 bits per heavy atom. The number of aliphatic carboxylic acids is 1. The first-order valence-corrected chi connectivity index (χ1v) is 6.89. The number of unbranched alkanes of at least 4 members (excludes halogenated alkanes) is 1. The average Bonchev–Trinajstić information content (AvgIpc) is 2.29. The second kappa shape index (κ2) is 9.30. The van der Waals surface area contributed by atoms with Gasteiger partial charge < -0.3 is 21.1 Å². The fourth-order valence-corrected chi connectivity index (χ4v) is 2.00. The lowest BCUT2D eigenvalue weighted by Crippen LogP contribution is -2.43. The molecule has 0 aromatic heterocycles. The summed E-state index contributed by atoms with van der Waals surface area (Å²) in [5.74, 6) is -0.933. The third kappa shape index (κ3) is 9.39. The minimum atomic E-state index is -0.933. The molecule has 0 unspecified atom stereocenters. The molecule has 1 saturated heterocycles. The minimum Gasteiger partial charge on any atom is -0.480 e. The number of nitrogens with zero attached hydrogens (tertiary/aromatic N) is 1. The Morgan fingerprint density at radius 1 is 1.22 bits per heavy atom. The molecule has 108 valence electrons. The summed E-state index contributed by atoms with van der Waals surface area (Å²) in [7, 11) is 4.64. The molecular weight excluding hydrogens is 230 g/mol. The van der Waals surface area contributed by atoms with Crippen LogP contribution in [-0.2, 0) is 4.79 Å². The first-order valence-electron chi connectivity index (χ1n) is 6.89. The van der Waals surface area contributed by atoms with E-state index < -0.39 is 12.0 Å². The zero-order valence-corrected chi connectivity index (χ0v) is 11.9. The molecule has 0 aromatic carbocycles. The Labute approximate surface area is 111 Å². The van der Waals surface area contributed by atoms with E-state index in [1.54, 1.807) is 0 Å². The Balaban J connectivity index is 0.000000327. The van der Waals surface area contributed by atoms with Gasteiger partial charge in [-0.05, 0) is 38.6 Å². The lowest BCUT2D eigenvalue weighted by Gasteiger charge is -2.33. The van der Waals surface area contributed by atoms with Crippen molar-refractivity contribution < 1.29 is 14.4 Å². The van der Waals surface area contributed by atoms with Crippen LogP contribution in [0.3, 0.4) is 0 Å². The normalized spacial score (nSPS) is 19.6. The largest absolute Gasteiger partial charge is 0.480 e. The number of carboxylic acids is 1. The number of likely N-dealkylation sites (tertiary alicyclic amines) is 1. The summed E-state index contributed by atoms with van der Waals surface area (Å²) in [6, 6.07) is -0.716. The maximum atomic E-state index is 10.1. The van der Waals surface area contributed by atoms with Crippen molar-refractivity contribution >= 4 is 5.97 Å². The summed E-state index contributed by atoms with van der Waals surface area (Å²) in [5.41, 5.74) is 10.4. The standard InChI is InChI=1S/C7H16N.C6H14N2O2/c1-8(2)6-4-3-5-7-8;7-4-2-1-3-5(8)6(9)10/h3-7H2,1-2H3;5H,1-4,7-8H2,(H,9,10)/q+1;/t;5-/m.0/s1. The van der Waals surface area contributed by atoms with E-state index in [0.29, 0.717) is 13.0 Å². The van der Waals surface area contributed by atoms with Crippen LogP contribution in [0.25, 0.3) is 0 Å². The van der Waals surface area contributed by atoms with Gasteiger partial charge in [0.05, 0.1) is 27.2 Å². The van der Waals surface area contributed by atoms with Crippen LogP contribution in [0, 0.1) is 0 Å². The van der Waals surface area contributed by atoms with Crippen LogP contribution in [0.1, 0.15) is 38.5 Å². The monoisotopic (exact) mass is 260 g/mol. The molecule has 1 heterocycles. The highest BCUT2D eigenvalue weighted by molar-refractivity contribution is 5.72. The number of carboxylic acid groups (broad SMARTS) is 1. The van der Waals surface area contributed by atoms with E-state index in [4.69, 9.17) is 16.6 Å². The van der Waals surface area contributed by atoms with Gasteiger partial charge in [0.1, 0.15) is 6.04 Å². The molecule has 5 heteroatoms. The Kier molecular flexibility index (Phi) is 8.97. The molecule has 5 nitrogen and oxygen atoms in total. The molecule has 0 aromatic rings. The summed E-state index contributed by atoms with van der Waals surface area (Å²) < 4.78 is 1.25. The van der Waals surface area contributed by atoms with Gasteiger partial charge in [-0.1, -0.05) is 6.42 Å². The molecule has 5 N–H and O–H groups in total. The van der Waals surface area contributed by atoms with Gasteiger partial charge in [-0.15, -0.1) is 0 Å². The van der Waals surface area contributed by atoms with Crippen LogP contribution in [0.4, 0.5) is 0 Å². The van der Waals surface area contributed by atoms with Gasteiger partial charge in [-0.3, -0.25) is 4.79 Å². The highest BCUT2D eigenvalue weighted by atomic mass is 16.4. The second-order valence-electron chi connectivity index (χ2n) is 5.67. The number of piperidine rings is 1. The van der Waals surface area contributed by atoms with E-state index >= 15 is 0 Å². The zero-order valence-electron chi connectivity index (χ0n) is 11.9. The van der Waals surface area contributed by atoms with Crippen molar-refractivity contribution in [1.29, 1.82) is 0 Å². The van der Waals surface area contributed by atoms with Crippen molar-refractivity contribution in [2.24, 2.45) is 11.5 Å². The maximum Gasteiger partial charge on any atom is 0.320 e. The molecule has 0 aliphatic carbocycles. The predicted molar refractivity (Wildman–Crippen MR) is 74.2 cm³/mol. The molecule has 1 atom stereocenters. The van der Waals surface area contributed by atoms with Crippen LogP contribution < -0.4 is 11.5 Å². The van der Waals surface area contributed by atoms with E-state index in [2.05, 4.69) is 14.1 Å². The SMILES string of the molecule is C[N+]1(C)CCCCC1.NCCCC[C@H](N)C(=O)O. The van der Waals surface area contributed by atoms with Gasteiger partial charge in [0.15, 0.2) is 0 Å². The number of quaternary nitrogens is 1. The number of hydrogen-bond acceptors (Lipinski definition) is 3. The number of hydrogen-bond donors (Lipinski definition) is 3. The molecule has 1 aliphatic rings. The van der Waals surface area contributed by atoms with E-state index in [1.165, 1.54) is 36.8 Å². The van der Waals surface area contributed by atoms with Gasteiger partial charge in [0, 0.05) is 0 Å². The van der Waals surface area contributed by atoms with Gasteiger partial charge in [-0.2, -0.15) is 0 Å². The first-order chi connectivity index (χ1) is 8.39. The summed E-state index contributed by atoms with van der Waals surface area (Å²) in [6.07, 6.45) is 6.50. The molecule has 18 heavy (non-hydrogen) atoms. The molecule has 0 saturated carbocycles. The number of rotatable bonds is 5. The highest BCUT2D eigenvalue weighted by Gasteiger charge is 2.17. The molecule has 1 aliphatic heterocycles. The van der Waals surface area contributed by atoms with E-state index in [1.807, 2.05) is 0 Å². The predicted octanol–water partition coefficient (Wildman–Crippen LogP) is 0.774. The van der Waals surface area contributed by atoms with Crippen molar-refractivity contribution in [2.75, 3.05) is 33.7 Å². The van der Waals surface area contributed by atoms with Crippen molar-refractivity contribution in [3.8, 4) is 0 Å². The Hall–Kier alpha value is -0.650. The van der Waals surface area contributed by atoms with Crippen molar-refractivity contribution in [2.45, 2.75) is 44.6 Å². The van der Waals surface area contributed by atoms with Gasteiger partial charge in [0.2, 0.25) is 0 Å². The lowest BCUT2D eigenvalue weighted by atomic mass is 10.1. The van der Waals surface area contributed by atoms with E-state index in [0.717, 1.165) is 12.8 Å². The van der Waals surface area contributed by atoms with Gasteiger partial charge >= 0.3 is 5.97 Å². The molecule has 1 fully saturated rings. The van der Waals surface area contributed by atoms with Gasteiger partial charge in [0.25, 0.3) is 0 Å². The molecule has 1 rings (SSSR count). The molecular formula is C13H30N3O2+. The first kappa shape index (κ1) is 17.4. The van der Waals surface area contributed by atoms with Crippen molar-refractivity contribution in [3.63, 3.8) is 0 Å². The number of carbonyl (C=O) groups is 1. The summed E-state index contributed by atoms with van der Waals surface area (Å²) >= 11 is 0. The third-order valence-electron chi connectivity index (χ3n) is 3.31. The molecule has 0 amide bonds. The number of nitrogens with two attached hydrogens (primary N) is 2.